The van der Waals surface area contributed by atoms with Crippen LogP contribution in [0.2, 0.25) is 0 Å². The molecule has 0 saturated carbocycles. The Morgan fingerprint density at radius 1 is 1.35 bits per heavy atom. The van der Waals surface area contributed by atoms with Crippen LogP contribution < -0.4 is 5.32 Å². The Labute approximate surface area is 123 Å². The van der Waals surface area contributed by atoms with Crippen LogP contribution in [-0.4, -0.2) is 61.5 Å². The van der Waals surface area contributed by atoms with E-state index in [1.54, 1.807) is 0 Å². The molecule has 2 rings (SSSR count). The summed E-state index contributed by atoms with van der Waals surface area (Å²) in [7, 11) is 0. The highest BCUT2D eigenvalue weighted by Crippen LogP contribution is 2.33. The van der Waals surface area contributed by atoms with Crippen LogP contribution in [-0.2, 0) is 4.79 Å². The van der Waals surface area contributed by atoms with Gasteiger partial charge in [0.2, 0.25) is 5.91 Å². The van der Waals surface area contributed by atoms with Gasteiger partial charge < -0.3 is 10.2 Å². The van der Waals surface area contributed by atoms with Gasteiger partial charge in [0.25, 0.3) is 0 Å². The quantitative estimate of drug-likeness (QED) is 0.789. The number of carbonyl (C=O) groups is 1. The van der Waals surface area contributed by atoms with Gasteiger partial charge in [-0.15, -0.1) is 6.58 Å². The van der Waals surface area contributed by atoms with Gasteiger partial charge in [0.1, 0.15) is 0 Å². The Morgan fingerprint density at radius 3 is 2.60 bits per heavy atom. The number of carbonyl (C=O) groups excluding carboxylic acids is 1. The molecule has 2 aliphatic rings. The summed E-state index contributed by atoms with van der Waals surface area (Å²) in [6.07, 6.45) is 4.30. The predicted octanol–water partition coefficient (Wildman–Crippen LogP) is 1.34. The zero-order valence-electron chi connectivity index (χ0n) is 13.0. The molecule has 1 unspecified atom stereocenters. The molecule has 4 nitrogen and oxygen atoms in total. The number of hydrogen-bond acceptors (Lipinski definition) is 3. The van der Waals surface area contributed by atoms with E-state index in [2.05, 4.69) is 35.5 Å². The van der Waals surface area contributed by atoms with Crippen molar-refractivity contribution in [3.05, 3.63) is 12.7 Å². The van der Waals surface area contributed by atoms with E-state index in [4.69, 9.17) is 0 Å². The maximum atomic E-state index is 12.8. The number of rotatable bonds is 4. The molecule has 4 heteroatoms. The largest absolute Gasteiger partial charge is 0.340 e. The maximum Gasteiger partial charge on any atom is 0.228 e. The Hall–Kier alpha value is -0.870. The van der Waals surface area contributed by atoms with Crippen molar-refractivity contribution in [1.82, 2.24) is 15.1 Å². The summed E-state index contributed by atoms with van der Waals surface area (Å²) in [6, 6.07) is 0. The Kier molecular flexibility index (Phi) is 5.22. The van der Waals surface area contributed by atoms with Crippen LogP contribution >= 0.6 is 0 Å². The Bertz CT molecular complexity index is 340. The molecular formula is C16H29N3O. The first-order valence-electron chi connectivity index (χ1n) is 7.89. The topological polar surface area (TPSA) is 35.6 Å². The van der Waals surface area contributed by atoms with Gasteiger partial charge in [-0.05, 0) is 31.8 Å². The third kappa shape index (κ3) is 3.41. The van der Waals surface area contributed by atoms with Crippen molar-refractivity contribution in [3.63, 3.8) is 0 Å². The van der Waals surface area contributed by atoms with Gasteiger partial charge in [0.15, 0.2) is 0 Å². The first kappa shape index (κ1) is 15.5. The van der Waals surface area contributed by atoms with Gasteiger partial charge in [-0.25, -0.2) is 0 Å². The monoisotopic (exact) mass is 279 g/mol. The minimum atomic E-state index is -0.242. The zero-order valence-corrected chi connectivity index (χ0v) is 13.0. The number of amides is 1. The first-order valence-corrected chi connectivity index (χ1v) is 7.89. The van der Waals surface area contributed by atoms with E-state index in [-0.39, 0.29) is 5.41 Å². The van der Waals surface area contributed by atoms with Crippen LogP contribution in [0, 0.1) is 11.3 Å². The molecule has 0 aromatic rings. The summed E-state index contributed by atoms with van der Waals surface area (Å²) in [6.45, 7) is 14.7. The average Bonchev–Trinajstić information content (AvgIpc) is 2.48. The smallest absolute Gasteiger partial charge is 0.228 e. The minimum Gasteiger partial charge on any atom is -0.340 e. The molecule has 0 radical (unpaired) electrons. The molecule has 20 heavy (non-hydrogen) atoms. The van der Waals surface area contributed by atoms with E-state index in [1.165, 1.54) is 12.8 Å². The molecular weight excluding hydrogens is 250 g/mol. The van der Waals surface area contributed by atoms with Crippen molar-refractivity contribution in [1.29, 1.82) is 0 Å². The molecule has 0 spiro atoms. The second-order valence-corrected chi connectivity index (χ2v) is 6.65. The highest BCUT2D eigenvalue weighted by molar-refractivity contribution is 5.82. The van der Waals surface area contributed by atoms with Crippen molar-refractivity contribution in [2.75, 3.05) is 45.8 Å². The standard InChI is InChI=1S/C16H29N3O/c1-4-8-18-9-11-19(12-10-18)15(20)16(2,3)14-6-5-7-17-13-14/h4,14,17H,1,5-13H2,2-3H3. The van der Waals surface area contributed by atoms with Crippen molar-refractivity contribution < 1.29 is 4.79 Å². The summed E-state index contributed by atoms with van der Waals surface area (Å²) < 4.78 is 0. The van der Waals surface area contributed by atoms with Crippen molar-refractivity contribution in [2.45, 2.75) is 26.7 Å². The molecule has 114 valence electrons. The van der Waals surface area contributed by atoms with E-state index < -0.39 is 0 Å². The SMILES string of the molecule is C=CCN1CCN(C(=O)C(C)(C)C2CCCNC2)CC1. The third-order valence-electron chi connectivity index (χ3n) is 4.92. The van der Waals surface area contributed by atoms with E-state index in [0.717, 1.165) is 45.8 Å². The summed E-state index contributed by atoms with van der Waals surface area (Å²) in [5.74, 6) is 0.805. The Balaban J connectivity index is 1.91. The number of piperidine rings is 1. The summed E-state index contributed by atoms with van der Waals surface area (Å²) in [5, 5.41) is 3.43. The van der Waals surface area contributed by atoms with Crippen LogP contribution in [0.25, 0.3) is 0 Å². The molecule has 0 aromatic carbocycles. The minimum absolute atomic E-state index is 0.242. The fraction of sp³-hybridized carbons (Fsp3) is 0.812. The normalized spacial score (nSPS) is 25.5. The Morgan fingerprint density at radius 2 is 2.05 bits per heavy atom. The number of piperazine rings is 1. The van der Waals surface area contributed by atoms with E-state index in [0.29, 0.717) is 11.8 Å². The summed E-state index contributed by atoms with van der Waals surface area (Å²) in [4.78, 5) is 17.3. The molecule has 0 bridgehead atoms. The fourth-order valence-electron chi connectivity index (χ4n) is 3.37. The maximum absolute atomic E-state index is 12.8. The third-order valence-corrected chi connectivity index (χ3v) is 4.92. The van der Waals surface area contributed by atoms with Gasteiger partial charge >= 0.3 is 0 Å². The lowest BCUT2D eigenvalue weighted by molar-refractivity contribution is -0.145. The second-order valence-electron chi connectivity index (χ2n) is 6.65. The summed E-state index contributed by atoms with van der Waals surface area (Å²) >= 11 is 0. The first-order chi connectivity index (χ1) is 9.55. The molecule has 2 aliphatic heterocycles. The highest BCUT2D eigenvalue weighted by atomic mass is 16.2. The van der Waals surface area contributed by atoms with E-state index in [9.17, 15) is 4.79 Å². The van der Waals surface area contributed by atoms with Crippen LogP contribution in [0.3, 0.4) is 0 Å². The molecule has 0 aromatic heterocycles. The predicted molar refractivity (Wildman–Crippen MR) is 82.6 cm³/mol. The molecule has 0 aliphatic carbocycles. The van der Waals surface area contributed by atoms with Crippen molar-refractivity contribution >= 4 is 5.91 Å². The molecule has 1 N–H and O–H groups in total. The fourth-order valence-corrected chi connectivity index (χ4v) is 3.37. The molecule has 1 atom stereocenters. The zero-order chi connectivity index (χ0) is 14.6. The van der Waals surface area contributed by atoms with E-state index >= 15 is 0 Å². The number of hydrogen-bond donors (Lipinski definition) is 1. The highest BCUT2D eigenvalue weighted by Gasteiger charge is 2.40. The average molecular weight is 279 g/mol. The van der Waals surface area contributed by atoms with Crippen molar-refractivity contribution in [3.8, 4) is 0 Å². The lowest BCUT2D eigenvalue weighted by atomic mass is 9.74. The van der Waals surface area contributed by atoms with Gasteiger partial charge in [-0.1, -0.05) is 19.9 Å². The van der Waals surface area contributed by atoms with Gasteiger partial charge in [-0.3, -0.25) is 9.69 Å². The van der Waals surface area contributed by atoms with Gasteiger partial charge in [0, 0.05) is 38.1 Å². The van der Waals surface area contributed by atoms with Crippen LogP contribution in [0.5, 0.6) is 0 Å². The molecule has 1 amide bonds. The molecule has 2 saturated heterocycles. The van der Waals surface area contributed by atoms with Crippen LogP contribution in [0.4, 0.5) is 0 Å². The van der Waals surface area contributed by atoms with Gasteiger partial charge in [-0.2, -0.15) is 0 Å². The van der Waals surface area contributed by atoms with Gasteiger partial charge in [0.05, 0.1) is 0 Å². The van der Waals surface area contributed by atoms with Crippen molar-refractivity contribution in [2.24, 2.45) is 11.3 Å². The molecule has 2 fully saturated rings. The van der Waals surface area contributed by atoms with E-state index in [1.807, 2.05) is 6.08 Å². The van der Waals surface area contributed by atoms with Crippen LogP contribution in [0.15, 0.2) is 12.7 Å². The lowest BCUT2D eigenvalue weighted by Crippen LogP contribution is -2.54. The van der Waals surface area contributed by atoms with Crippen LogP contribution in [0.1, 0.15) is 26.7 Å². The number of nitrogens with zero attached hydrogens (tertiary/aromatic N) is 2. The molecule has 2 heterocycles. The lowest BCUT2D eigenvalue weighted by Gasteiger charge is -2.42. The second kappa shape index (κ2) is 6.72. The number of nitrogens with one attached hydrogen (secondary N) is 1. The summed E-state index contributed by atoms with van der Waals surface area (Å²) in [5.41, 5.74) is -0.242.